The Labute approximate surface area is 107 Å². The van der Waals surface area contributed by atoms with Gasteiger partial charge in [0.05, 0.1) is 0 Å². The molecule has 0 unspecified atom stereocenters. The van der Waals surface area contributed by atoms with Crippen LogP contribution < -0.4 is 11.1 Å². The molecule has 0 radical (unpaired) electrons. The van der Waals surface area contributed by atoms with E-state index in [1.165, 1.54) is 17.5 Å². The lowest BCUT2D eigenvalue weighted by atomic mass is 10.1. The van der Waals surface area contributed by atoms with E-state index in [0.29, 0.717) is 5.82 Å². The van der Waals surface area contributed by atoms with E-state index in [1.54, 1.807) is 0 Å². The Morgan fingerprint density at radius 2 is 2.00 bits per heavy atom. The van der Waals surface area contributed by atoms with Crippen LogP contribution in [0.15, 0.2) is 24.5 Å². The van der Waals surface area contributed by atoms with E-state index >= 15 is 0 Å². The standard InChI is InChI=1S/C14H18N4/c1-4-11-13(15)16-8-17-14(11)18-12-7-5-6-9(2)10(12)3/h5-8H,4H2,1-3H3,(H3,15,16,17,18). The molecule has 0 spiro atoms. The lowest BCUT2D eigenvalue weighted by Gasteiger charge is -2.14. The quantitative estimate of drug-likeness (QED) is 0.868. The molecule has 0 saturated heterocycles. The molecular formula is C14H18N4. The Balaban J connectivity index is 2.40. The summed E-state index contributed by atoms with van der Waals surface area (Å²) >= 11 is 0. The predicted molar refractivity (Wildman–Crippen MR) is 75.0 cm³/mol. The van der Waals surface area contributed by atoms with Crippen LogP contribution in [0.3, 0.4) is 0 Å². The van der Waals surface area contributed by atoms with Crippen LogP contribution in [0, 0.1) is 13.8 Å². The Bertz CT molecular complexity index is 564. The van der Waals surface area contributed by atoms with Gasteiger partial charge in [0.1, 0.15) is 18.0 Å². The van der Waals surface area contributed by atoms with Gasteiger partial charge in [0.15, 0.2) is 0 Å². The molecule has 0 bridgehead atoms. The van der Waals surface area contributed by atoms with E-state index in [0.717, 1.165) is 23.5 Å². The Hall–Kier alpha value is -2.10. The van der Waals surface area contributed by atoms with Gasteiger partial charge in [-0.2, -0.15) is 0 Å². The van der Waals surface area contributed by atoms with Crippen molar-refractivity contribution < 1.29 is 0 Å². The van der Waals surface area contributed by atoms with E-state index < -0.39 is 0 Å². The van der Waals surface area contributed by atoms with Gasteiger partial charge < -0.3 is 11.1 Å². The van der Waals surface area contributed by atoms with Crippen molar-refractivity contribution >= 4 is 17.3 Å². The summed E-state index contributed by atoms with van der Waals surface area (Å²) in [6.07, 6.45) is 2.29. The maximum absolute atomic E-state index is 5.86. The van der Waals surface area contributed by atoms with Crippen LogP contribution in [-0.2, 0) is 6.42 Å². The number of nitrogen functional groups attached to an aromatic ring is 1. The van der Waals surface area contributed by atoms with Crippen LogP contribution in [0.1, 0.15) is 23.6 Å². The first-order chi connectivity index (χ1) is 8.63. The van der Waals surface area contributed by atoms with Crippen molar-refractivity contribution in [1.82, 2.24) is 9.97 Å². The van der Waals surface area contributed by atoms with Crippen molar-refractivity contribution in [3.05, 3.63) is 41.2 Å². The van der Waals surface area contributed by atoms with Gasteiger partial charge in [-0.25, -0.2) is 9.97 Å². The summed E-state index contributed by atoms with van der Waals surface area (Å²) in [5, 5.41) is 3.34. The number of aryl methyl sites for hydroxylation is 1. The Kier molecular flexibility index (Phi) is 3.46. The van der Waals surface area contributed by atoms with Crippen LogP contribution in [0.2, 0.25) is 0 Å². The molecule has 0 aliphatic heterocycles. The number of nitrogens with two attached hydrogens (primary N) is 1. The number of hydrogen-bond acceptors (Lipinski definition) is 4. The fourth-order valence-electron chi connectivity index (χ4n) is 1.90. The first-order valence-electron chi connectivity index (χ1n) is 6.06. The highest BCUT2D eigenvalue weighted by Gasteiger charge is 2.08. The highest BCUT2D eigenvalue weighted by Crippen LogP contribution is 2.25. The van der Waals surface area contributed by atoms with Gasteiger partial charge in [0, 0.05) is 11.3 Å². The fourth-order valence-corrected chi connectivity index (χ4v) is 1.90. The minimum atomic E-state index is 0.542. The molecule has 0 atom stereocenters. The molecule has 4 nitrogen and oxygen atoms in total. The van der Waals surface area contributed by atoms with Crippen LogP contribution in [0.25, 0.3) is 0 Å². The fraction of sp³-hybridized carbons (Fsp3) is 0.286. The third kappa shape index (κ3) is 2.27. The summed E-state index contributed by atoms with van der Waals surface area (Å²) in [6, 6.07) is 6.16. The molecule has 1 aromatic carbocycles. The van der Waals surface area contributed by atoms with Crippen molar-refractivity contribution in [2.45, 2.75) is 27.2 Å². The molecule has 0 aliphatic carbocycles. The minimum Gasteiger partial charge on any atom is -0.383 e. The number of anilines is 3. The average molecular weight is 242 g/mol. The van der Waals surface area contributed by atoms with E-state index in [4.69, 9.17) is 5.73 Å². The molecule has 0 saturated carbocycles. The van der Waals surface area contributed by atoms with E-state index in [-0.39, 0.29) is 0 Å². The van der Waals surface area contributed by atoms with Crippen LogP contribution in [0.4, 0.5) is 17.3 Å². The number of benzene rings is 1. The van der Waals surface area contributed by atoms with Gasteiger partial charge in [-0.05, 0) is 37.5 Å². The third-order valence-electron chi connectivity index (χ3n) is 3.19. The molecular weight excluding hydrogens is 224 g/mol. The topological polar surface area (TPSA) is 63.8 Å². The lowest BCUT2D eigenvalue weighted by Crippen LogP contribution is -2.05. The monoisotopic (exact) mass is 242 g/mol. The summed E-state index contributed by atoms with van der Waals surface area (Å²) < 4.78 is 0. The first-order valence-corrected chi connectivity index (χ1v) is 6.06. The molecule has 0 amide bonds. The van der Waals surface area contributed by atoms with Gasteiger partial charge in [0.25, 0.3) is 0 Å². The van der Waals surface area contributed by atoms with Gasteiger partial charge in [-0.15, -0.1) is 0 Å². The first kappa shape index (κ1) is 12.4. The Morgan fingerprint density at radius 1 is 1.22 bits per heavy atom. The minimum absolute atomic E-state index is 0.542. The van der Waals surface area contributed by atoms with E-state index in [1.807, 2.05) is 19.1 Å². The molecule has 0 aliphatic rings. The zero-order valence-electron chi connectivity index (χ0n) is 11.0. The summed E-state index contributed by atoms with van der Waals surface area (Å²) in [6.45, 7) is 6.23. The second kappa shape index (κ2) is 5.04. The zero-order valence-corrected chi connectivity index (χ0v) is 11.0. The summed E-state index contributed by atoms with van der Waals surface area (Å²) in [5.41, 5.74) is 10.3. The molecule has 0 fully saturated rings. The molecule has 4 heteroatoms. The average Bonchev–Trinajstić information content (AvgIpc) is 2.35. The SMILES string of the molecule is CCc1c(N)ncnc1Nc1cccc(C)c1C. The molecule has 1 aromatic heterocycles. The molecule has 3 N–H and O–H groups in total. The second-order valence-electron chi connectivity index (χ2n) is 4.31. The van der Waals surface area contributed by atoms with Gasteiger partial charge in [-0.1, -0.05) is 19.1 Å². The smallest absolute Gasteiger partial charge is 0.139 e. The summed E-state index contributed by atoms with van der Waals surface area (Å²) in [5.74, 6) is 1.33. The second-order valence-corrected chi connectivity index (χ2v) is 4.31. The lowest BCUT2D eigenvalue weighted by molar-refractivity contribution is 1.06. The van der Waals surface area contributed by atoms with E-state index in [9.17, 15) is 0 Å². The van der Waals surface area contributed by atoms with Crippen LogP contribution in [0.5, 0.6) is 0 Å². The third-order valence-corrected chi connectivity index (χ3v) is 3.19. The van der Waals surface area contributed by atoms with Gasteiger partial charge >= 0.3 is 0 Å². The summed E-state index contributed by atoms with van der Waals surface area (Å²) in [7, 11) is 0. The van der Waals surface area contributed by atoms with Crippen molar-refractivity contribution in [1.29, 1.82) is 0 Å². The molecule has 18 heavy (non-hydrogen) atoms. The van der Waals surface area contributed by atoms with Crippen LogP contribution in [-0.4, -0.2) is 9.97 Å². The highest BCUT2D eigenvalue weighted by molar-refractivity contribution is 5.66. The number of nitrogens with one attached hydrogen (secondary N) is 1. The molecule has 2 rings (SSSR count). The Morgan fingerprint density at radius 3 is 2.72 bits per heavy atom. The van der Waals surface area contributed by atoms with E-state index in [2.05, 4.69) is 35.2 Å². The summed E-state index contributed by atoms with van der Waals surface area (Å²) in [4.78, 5) is 8.29. The maximum Gasteiger partial charge on any atom is 0.139 e. The molecule has 2 aromatic rings. The van der Waals surface area contributed by atoms with Gasteiger partial charge in [0.2, 0.25) is 0 Å². The zero-order chi connectivity index (χ0) is 13.1. The predicted octanol–water partition coefficient (Wildman–Crippen LogP) is 2.98. The number of rotatable bonds is 3. The molecule has 94 valence electrons. The number of nitrogens with zero attached hydrogens (tertiary/aromatic N) is 2. The van der Waals surface area contributed by atoms with Crippen molar-refractivity contribution in [3.8, 4) is 0 Å². The van der Waals surface area contributed by atoms with Crippen molar-refractivity contribution in [3.63, 3.8) is 0 Å². The number of aromatic nitrogens is 2. The van der Waals surface area contributed by atoms with Crippen LogP contribution >= 0.6 is 0 Å². The molecule has 1 heterocycles. The highest BCUT2D eigenvalue weighted by atomic mass is 15.0. The van der Waals surface area contributed by atoms with Gasteiger partial charge in [-0.3, -0.25) is 0 Å². The normalized spacial score (nSPS) is 10.4. The largest absolute Gasteiger partial charge is 0.383 e. The van der Waals surface area contributed by atoms with Crippen molar-refractivity contribution in [2.75, 3.05) is 11.1 Å². The maximum atomic E-state index is 5.86. The number of hydrogen-bond donors (Lipinski definition) is 2. The van der Waals surface area contributed by atoms with Crippen molar-refractivity contribution in [2.24, 2.45) is 0 Å².